The molecule has 0 N–H and O–H groups in total. The van der Waals surface area contributed by atoms with E-state index in [1.165, 1.54) is 0 Å². The second-order valence-corrected chi connectivity index (χ2v) is 5.91. The van der Waals surface area contributed by atoms with Crippen LogP contribution in [0.4, 0.5) is 5.82 Å². The Kier molecular flexibility index (Phi) is 5.49. The summed E-state index contributed by atoms with van der Waals surface area (Å²) in [5, 5.41) is 9.21. The molecule has 0 bridgehead atoms. The molecular weight excluding hydrogens is 328 g/mol. The first-order valence-electron chi connectivity index (χ1n) is 8.42. The molecule has 2 aromatic rings. The van der Waals surface area contributed by atoms with Crippen LogP contribution in [-0.2, 0) is 4.79 Å². The van der Waals surface area contributed by atoms with E-state index in [2.05, 4.69) is 11.1 Å². The number of rotatable bonds is 4. The van der Waals surface area contributed by atoms with Crippen molar-refractivity contribution in [2.24, 2.45) is 0 Å². The fourth-order valence-electron chi connectivity index (χ4n) is 2.89. The van der Waals surface area contributed by atoms with Gasteiger partial charge in [0.2, 0.25) is 5.91 Å². The zero-order valence-corrected chi connectivity index (χ0v) is 14.6. The number of hydrogen-bond donors (Lipinski definition) is 0. The summed E-state index contributed by atoms with van der Waals surface area (Å²) in [6.07, 6.45) is 5.07. The van der Waals surface area contributed by atoms with E-state index in [1.54, 1.807) is 37.6 Å². The fraction of sp³-hybridized carbons (Fsp3) is 0.250. The molecule has 1 aromatic carbocycles. The van der Waals surface area contributed by atoms with Gasteiger partial charge in [0, 0.05) is 38.5 Å². The largest absolute Gasteiger partial charge is 0.497 e. The molecule has 0 radical (unpaired) electrons. The first-order chi connectivity index (χ1) is 12.7. The Labute approximate surface area is 152 Å². The van der Waals surface area contributed by atoms with Crippen LogP contribution in [0.5, 0.6) is 5.75 Å². The van der Waals surface area contributed by atoms with Crippen molar-refractivity contribution in [2.45, 2.75) is 0 Å². The zero-order chi connectivity index (χ0) is 18.4. The van der Waals surface area contributed by atoms with E-state index in [0.29, 0.717) is 37.6 Å². The number of nitriles is 1. The van der Waals surface area contributed by atoms with Gasteiger partial charge in [0.05, 0.1) is 12.7 Å². The molecule has 1 amide bonds. The number of ether oxygens (including phenoxy) is 1. The van der Waals surface area contributed by atoms with Gasteiger partial charge >= 0.3 is 0 Å². The summed E-state index contributed by atoms with van der Waals surface area (Å²) in [5.74, 6) is 1.43. The summed E-state index contributed by atoms with van der Waals surface area (Å²) in [6, 6.07) is 13.2. The first kappa shape index (κ1) is 17.5. The Bertz CT molecular complexity index is 849. The van der Waals surface area contributed by atoms with Crippen molar-refractivity contribution in [3.05, 3.63) is 59.8 Å². The number of pyridine rings is 1. The number of carbonyl (C=O) groups is 1. The molecule has 1 aromatic heterocycles. The van der Waals surface area contributed by atoms with Gasteiger partial charge in [-0.1, -0.05) is 12.1 Å². The Balaban J connectivity index is 1.60. The number of piperazine rings is 1. The lowest BCUT2D eigenvalue weighted by Crippen LogP contribution is -2.48. The molecule has 26 heavy (non-hydrogen) atoms. The summed E-state index contributed by atoms with van der Waals surface area (Å²) in [4.78, 5) is 20.6. The third-order valence-electron chi connectivity index (χ3n) is 4.31. The van der Waals surface area contributed by atoms with E-state index in [0.717, 1.165) is 11.3 Å². The maximum absolute atomic E-state index is 12.4. The molecule has 0 saturated carbocycles. The van der Waals surface area contributed by atoms with Gasteiger partial charge in [-0.2, -0.15) is 5.26 Å². The van der Waals surface area contributed by atoms with Gasteiger partial charge in [-0.15, -0.1) is 0 Å². The lowest BCUT2D eigenvalue weighted by Gasteiger charge is -2.35. The molecule has 1 aliphatic heterocycles. The van der Waals surface area contributed by atoms with Gasteiger partial charge in [-0.05, 0) is 35.9 Å². The SMILES string of the molecule is COc1cccc(/C=C/C(=O)N2CCN(c3ncccc3C#N)CC2)c1. The van der Waals surface area contributed by atoms with Crippen LogP contribution in [0, 0.1) is 11.3 Å². The van der Waals surface area contributed by atoms with Crippen LogP contribution in [0.15, 0.2) is 48.7 Å². The average molecular weight is 348 g/mol. The van der Waals surface area contributed by atoms with Gasteiger partial charge in [0.15, 0.2) is 0 Å². The standard InChI is InChI=1S/C20H20N4O2/c1-26-18-6-2-4-16(14-18)7-8-19(25)23-10-12-24(13-11-23)20-17(15-21)5-3-9-22-20/h2-9,14H,10-13H2,1H3/b8-7+. The Morgan fingerprint density at radius 2 is 2.04 bits per heavy atom. The highest BCUT2D eigenvalue weighted by Crippen LogP contribution is 2.18. The van der Waals surface area contributed by atoms with Gasteiger partial charge in [-0.3, -0.25) is 4.79 Å². The number of amides is 1. The number of carbonyl (C=O) groups excluding carboxylic acids is 1. The second-order valence-electron chi connectivity index (χ2n) is 5.91. The molecule has 6 nitrogen and oxygen atoms in total. The van der Waals surface area contributed by atoms with E-state index in [4.69, 9.17) is 4.74 Å². The Morgan fingerprint density at radius 1 is 1.23 bits per heavy atom. The highest BCUT2D eigenvalue weighted by Gasteiger charge is 2.22. The summed E-state index contributed by atoms with van der Waals surface area (Å²) >= 11 is 0. The van der Waals surface area contributed by atoms with Crippen LogP contribution in [-0.4, -0.2) is 49.1 Å². The third-order valence-corrected chi connectivity index (χ3v) is 4.31. The minimum absolute atomic E-state index is 0.0194. The Morgan fingerprint density at radius 3 is 2.77 bits per heavy atom. The predicted octanol–water partition coefficient (Wildman–Crippen LogP) is 2.32. The quantitative estimate of drug-likeness (QED) is 0.793. The van der Waals surface area contributed by atoms with Crippen molar-refractivity contribution in [3.8, 4) is 11.8 Å². The second kappa shape index (κ2) is 8.17. The third kappa shape index (κ3) is 4.01. The van der Waals surface area contributed by atoms with Crippen LogP contribution < -0.4 is 9.64 Å². The molecule has 1 fully saturated rings. The average Bonchev–Trinajstić information content (AvgIpc) is 2.72. The number of hydrogen-bond acceptors (Lipinski definition) is 5. The summed E-state index contributed by atoms with van der Waals surface area (Å²) in [7, 11) is 1.62. The number of nitrogens with zero attached hydrogens (tertiary/aromatic N) is 4. The molecule has 0 atom stereocenters. The van der Waals surface area contributed by atoms with Crippen LogP contribution in [0.3, 0.4) is 0 Å². The van der Waals surface area contributed by atoms with Crippen molar-refractivity contribution < 1.29 is 9.53 Å². The molecule has 1 saturated heterocycles. The number of aromatic nitrogens is 1. The van der Waals surface area contributed by atoms with E-state index >= 15 is 0 Å². The molecule has 3 rings (SSSR count). The minimum Gasteiger partial charge on any atom is -0.497 e. The lowest BCUT2D eigenvalue weighted by molar-refractivity contribution is -0.126. The van der Waals surface area contributed by atoms with Gasteiger partial charge in [-0.25, -0.2) is 4.98 Å². The minimum atomic E-state index is -0.0194. The van der Waals surface area contributed by atoms with Gasteiger partial charge < -0.3 is 14.5 Å². The topological polar surface area (TPSA) is 69.5 Å². The van der Waals surface area contributed by atoms with Crippen LogP contribution in [0.25, 0.3) is 6.08 Å². The van der Waals surface area contributed by atoms with Crippen molar-refractivity contribution in [1.29, 1.82) is 5.26 Å². The van der Waals surface area contributed by atoms with E-state index in [-0.39, 0.29) is 5.91 Å². The summed E-state index contributed by atoms with van der Waals surface area (Å²) in [6.45, 7) is 2.51. The molecule has 6 heteroatoms. The summed E-state index contributed by atoms with van der Waals surface area (Å²) < 4.78 is 5.19. The molecule has 0 spiro atoms. The maximum atomic E-state index is 12.4. The number of anilines is 1. The Hall–Kier alpha value is -3.33. The molecule has 0 aliphatic carbocycles. The first-order valence-corrected chi connectivity index (χ1v) is 8.42. The monoisotopic (exact) mass is 348 g/mol. The van der Waals surface area contributed by atoms with Crippen LogP contribution in [0.2, 0.25) is 0 Å². The predicted molar refractivity (Wildman–Crippen MR) is 99.8 cm³/mol. The normalized spacial score (nSPS) is 14.3. The number of methoxy groups -OCH3 is 1. The molecular formula is C20H20N4O2. The van der Waals surface area contributed by atoms with Crippen LogP contribution in [0.1, 0.15) is 11.1 Å². The lowest BCUT2D eigenvalue weighted by atomic mass is 10.2. The highest BCUT2D eigenvalue weighted by atomic mass is 16.5. The van der Waals surface area contributed by atoms with Crippen molar-refractivity contribution in [1.82, 2.24) is 9.88 Å². The van der Waals surface area contributed by atoms with E-state index in [9.17, 15) is 10.1 Å². The van der Waals surface area contributed by atoms with Gasteiger partial charge in [0.1, 0.15) is 17.6 Å². The van der Waals surface area contributed by atoms with Crippen LogP contribution >= 0.6 is 0 Å². The molecule has 132 valence electrons. The molecule has 2 heterocycles. The smallest absolute Gasteiger partial charge is 0.246 e. The maximum Gasteiger partial charge on any atom is 0.246 e. The van der Waals surface area contributed by atoms with Gasteiger partial charge in [0.25, 0.3) is 0 Å². The number of benzene rings is 1. The van der Waals surface area contributed by atoms with Crippen molar-refractivity contribution >= 4 is 17.8 Å². The molecule has 1 aliphatic rings. The van der Waals surface area contributed by atoms with E-state index < -0.39 is 0 Å². The molecule has 0 unspecified atom stereocenters. The highest BCUT2D eigenvalue weighted by molar-refractivity contribution is 5.92. The summed E-state index contributed by atoms with van der Waals surface area (Å²) in [5.41, 5.74) is 1.48. The fourth-order valence-corrected chi connectivity index (χ4v) is 2.89. The van der Waals surface area contributed by atoms with Crippen molar-refractivity contribution in [3.63, 3.8) is 0 Å². The van der Waals surface area contributed by atoms with Crippen molar-refractivity contribution in [2.75, 3.05) is 38.2 Å². The zero-order valence-electron chi connectivity index (χ0n) is 14.6. The van der Waals surface area contributed by atoms with E-state index in [1.807, 2.05) is 34.1 Å².